The Labute approximate surface area is 117 Å². The van der Waals surface area contributed by atoms with Crippen molar-refractivity contribution in [2.45, 2.75) is 24.7 Å². The summed E-state index contributed by atoms with van der Waals surface area (Å²) < 4.78 is 0. The van der Waals surface area contributed by atoms with Crippen molar-refractivity contribution in [3.63, 3.8) is 0 Å². The highest BCUT2D eigenvalue weighted by Crippen LogP contribution is 2.40. The molecule has 0 N–H and O–H groups in total. The molecule has 19 heavy (non-hydrogen) atoms. The maximum atomic E-state index is 12.1. The van der Waals surface area contributed by atoms with Crippen LogP contribution in [0.5, 0.6) is 0 Å². The first-order chi connectivity index (χ1) is 9.09. The molecular formula is C15H17NO2S. The van der Waals surface area contributed by atoms with Crippen LogP contribution in [0.4, 0.5) is 0 Å². The predicted molar refractivity (Wildman–Crippen MR) is 75.0 cm³/mol. The Morgan fingerprint density at radius 3 is 2.47 bits per heavy atom. The number of benzene rings is 1. The van der Waals surface area contributed by atoms with Gasteiger partial charge < -0.3 is 0 Å². The quantitative estimate of drug-likeness (QED) is 0.778. The van der Waals surface area contributed by atoms with Crippen molar-refractivity contribution < 1.29 is 9.59 Å². The van der Waals surface area contributed by atoms with E-state index in [1.54, 1.807) is 0 Å². The lowest BCUT2D eigenvalue weighted by Crippen LogP contribution is -2.34. The van der Waals surface area contributed by atoms with Gasteiger partial charge in [-0.2, -0.15) is 0 Å². The van der Waals surface area contributed by atoms with Crippen LogP contribution in [0.15, 0.2) is 29.2 Å². The van der Waals surface area contributed by atoms with Crippen LogP contribution in [0.3, 0.4) is 0 Å². The summed E-state index contributed by atoms with van der Waals surface area (Å²) in [6.07, 6.45) is 0. The molecule has 2 aliphatic rings. The van der Waals surface area contributed by atoms with Gasteiger partial charge in [-0.3, -0.25) is 14.5 Å². The highest BCUT2D eigenvalue weighted by atomic mass is 32.2. The smallest absolute Gasteiger partial charge is 0.232 e. The number of fused-ring (bicyclic) bond motifs is 1. The Kier molecular flexibility index (Phi) is 3.13. The Bertz CT molecular complexity index is 523. The van der Waals surface area contributed by atoms with Gasteiger partial charge in [0.25, 0.3) is 0 Å². The van der Waals surface area contributed by atoms with Crippen molar-refractivity contribution in [1.29, 1.82) is 0 Å². The molecule has 3 nitrogen and oxygen atoms in total. The third-order valence-corrected chi connectivity index (χ3v) is 5.51. The first kappa shape index (κ1) is 12.7. The fraction of sp³-hybridized carbons (Fsp3) is 0.467. The van der Waals surface area contributed by atoms with Gasteiger partial charge in [-0.05, 0) is 11.6 Å². The number of carbonyl (C=O) groups is 2. The van der Waals surface area contributed by atoms with Crippen LogP contribution < -0.4 is 0 Å². The Balaban J connectivity index is 1.81. The number of amides is 2. The normalized spacial score (nSPS) is 30.0. The standard InChI is InChI=1S/C15H17NO2S/c1-9-10(2)15(18)16(14(9)17)7-11-8-19-13-6-4-3-5-12(11)13/h3-6,9-11H,7-8H2,1-2H3. The summed E-state index contributed by atoms with van der Waals surface area (Å²) in [6, 6.07) is 8.28. The second-order valence-electron chi connectivity index (χ2n) is 5.41. The Morgan fingerprint density at radius 2 is 1.79 bits per heavy atom. The summed E-state index contributed by atoms with van der Waals surface area (Å²) >= 11 is 1.81. The number of rotatable bonds is 2. The first-order valence-corrected chi connectivity index (χ1v) is 7.65. The minimum atomic E-state index is -0.170. The summed E-state index contributed by atoms with van der Waals surface area (Å²) in [5, 5.41) is 0. The lowest BCUT2D eigenvalue weighted by Gasteiger charge is -2.19. The van der Waals surface area contributed by atoms with Crippen molar-refractivity contribution in [3.05, 3.63) is 29.8 Å². The number of imide groups is 1. The molecule has 3 unspecified atom stereocenters. The second kappa shape index (κ2) is 4.67. The number of likely N-dealkylation sites (tertiary alicyclic amines) is 1. The third-order valence-electron chi connectivity index (χ3n) is 4.26. The van der Waals surface area contributed by atoms with Crippen molar-refractivity contribution >= 4 is 23.6 Å². The van der Waals surface area contributed by atoms with E-state index in [0.717, 1.165) is 5.75 Å². The molecule has 3 rings (SSSR count). The first-order valence-electron chi connectivity index (χ1n) is 6.66. The van der Waals surface area contributed by atoms with Gasteiger partial charge in [0.1, 0.15) is 0 Å². The van der Waals surface area contributed by atoms with Gasteiger partial charge in [-0.15, -0.1) is 11.8 Å². The maximum Gasteiger partial charge on any atom is 0.232 e. The van der Waals surface area contributed by atoms with Gasteiger partial charge in [0, 0.05) is 34.9 Å². The molecule has 0 radical (unpaired) electrons. The molecule has 2 amide bonds. The van der Waals surface area contributed by atoms with E-state index in [9.17, 15) is 9.59 Å². The van der Waals surface area contributed by atoms with Crippen LogP contribution in [-0.4, -0.2) is 29.0 Å². The number of carbonyl (C=O) groups excluding carboxylic acids is 2. The van der Waals surface area contributed by atoms with Gasteiger partial charge in [0.05, 0.1) is 0 Å². The van der Waals surface area contributed by atoms with E-state index in [-0.39, 0.29) is 29.6 Å². The zero-order valence-electron chi connectivity index (χ0n) is 11.1. The van der Waals surface area contributed by atoms with E-state index in [1.807, 2.05) is 37.7 Å². The molecule has 100 valence electrons. The SMILES string of the molecule is CC1C(=O)N(CC2CSc3ccccc32)C(=O)C1C. The number of thioether (sulfide) groups is 1. The molecule has 1 aromatic rings. The molecule has 0 saturated carbocycles. The second-order valence-corrected chi connectivity index (χ2v) is 6.47. The number of nitrogens with zero attached hydrogens (tertiary/aromatic N) is 1. The van der Waals surface area contributed by atoms with Crippen molar-refractivity contribution in [2.24, 2.45) is 11.8 Å². The lowest BCUT2D eigenvalue weighted by molar-refractivity contribution is -0.140. The van der Waals surface area contributed by atoms with Gasteiger partial charge >= 0.3 is 0 Å². The molecule has 2 heterocycles. The van der Waals surface area contributed by atoms with Crippen LogP contribution in [0.25, 0.3) is 0 Å². The minimum absolute atomic E-state index is 0.00752. The Morgan fingerprint density at radius 1 is 1.16 bits per heavy atom. The topological polar surface area (TPSA) is 37.4 Å². The molecule has 1 saturated heterocycles. The summed E-state index contributed by atoms with van der Waals surface area (Å²) in [5.74, 6) is 0.887. The zero-order valence-corrected chi connectivity index (χ0v) is 11.9. The van der Waals surface area contributed by atoms with Crippen LogP contribution in [0.1, 0.15) is 25.3 Å². The molecule has 0 aliphatic carbocycles. The largest absolute Gasteiger partial charge is 0.281 e. The molecular weight excluding hydrogens is 258 g/mol. The number of hydrogen-bond donors (Lipinski definition) is 0. The van der Waals surface area contributed by atoms with E-state index in [0.29, 0.717) is 6.54 Å². The van der Waals surface area contributed by atoms with Crippen molar-refractivity contribution in [3.8, 4) is 0 Å². The average Bonchev–Trinajstić information content (AvgIpc) is 2.91. The average molecular weight is 275 g/mol. The monoisotopic (exact) mass is 275 g/mol. The summed E-state index contributed by atoms with van der Waals surface area (Å²) in [6.45, 7) is 4.24. The van der Waals surface area contributed by atoms with Crippen LogP contribution in [-0.2, 0) is 9.59 Å². The fourth-order valence-electron chi connectivity index (χ4n) is 2.81. The van der Waals surface area contributed by atoms with E-state index >= 15 is 0 Å². The van der Waals surface area contributed by atoms with Crippen molar-refractivity contribution in [2.75, 3.05) is 12.3 Å². The molecule has 1 fully saturated rings. The van der Waals surface area contributed by atoms with Gasteiger partial charge in [-0.25, -0.2) is 0 Å². The minimum Gasteiger partial charge on any atom is -0.281 e. The van der Waals surface area contributed by atoms with Crippen LogP contribution >= 0.6 is 11.8 Å². The molecule has 3 atom stereocenters. The van der Waals surface area contributed by atoms with Crippen molar-refractivity contribution in [1.82, 2.24) is 4.90 Å². The summed E-state index contributed by atoms with van der Waals surface area (Å²) in [5.41, 5.74) is 1.28. The van der Waals surface area contributed by atoms with E-state index < -0.39 is 0 Å². The van der Waals surface area contributed by atoms with E-state index in [1.165, 1.54) is 15.4 Å². The molecule has 0 bridgehead atoms. The third kappa shape index (κ3) is 1.98. The molecule has 2 aliphatic heterocycles. The highest BCUT2D eigenvalue weighted by Gasteiger charge is 2.43. The molecule has 0 aromatic heterocycles. The maximum absolute atomic E-state index is 12.1. The lowest BCUT2D eigenvalue weighted by atomic mass is 10.00. The van der Waals surface area contributed by atoms with E-state index in [4.69, 9.17) is 0 Å². The zero-order chi connectivity index (χ0) is 13.6. The van der Waals surface area contributed by atoms with Gasteiger partial charge in [0.2, 0.25) is 11.8 Å². The van der Waals surface area contributed by atoms with E-state index in [2.05, 4.69) is 12.1 Å². The van der Waals surface area contributed by atoms with Crippen LogP contribution in [0, 0.1) is 11.8 Å². The summed E-state index contributed by atoms with van der Waals surface area (Å²) in [4.78, 5) is 27.0. The van der Waals surface area contributed by atoms with Gasteiger partial charge in [0.15, 0.2) is 0 Å². The predicted octanol–water partition coefficient (Wildman–Crippen LogP) is 2.52. The molecule has 1 aromatic carbocycles. The fourth-order valence-corrected chi connectivity index (χ4v) is 4.05. The Hall–Kier alpha value is -1.29. The molecule has 0 spiro atoms. The molecule has 4 heteroatoms. The van der Waals surface area contributed by atoms with Crippen LogP contribution in [0.2, 0.25) is 0 Å². The number of hydrogen-bond acceptors (Lipinski definition) is 3. The summed E-state index contributed by atoms with van der Waals surface area (Å²) in [7, 11) is 0. The van der Waals surface area contributed by atoms with Gasteiger partial charge in [-0.1, -0.05) is 32.0 Å². The highest BCUT2D eigenvalue weighted by molar-refractivity contribution is 7.99.